The first kappa shape index (κ1) is 23.0. The molecule has 0 aromatic rings. The van der Waals surface area contributed by atoms with E-state index in [1.54, 1.807) is 0 Å². The lowest BCUT2D eigenvalue weighted by molar-refractivity contribution is -0.774. The van der Waals surface area contributed by atoms with Crippen molar-refractivity contribution in [3.63, 3.8) is 0 Å². The maximum Gasteiger partial charge on any atom is 0.512 e. The zero-order valence-corrected chi connectivity index (χ0v) is 15.2. The van der Waals surface area contributed by atoms with Gasteiger partial charge in [0.05, 0.1) is 6.42 Å². The van der Waals surface area contributed by atoms with E-state index in [0.717, 1.165) is 19.3 Å². The molecule has 0 bridgehead atoms. The fourth-order valence-corrected chi connectivity index (χ4v) is 2.53. The van der Waals surface area contributed by atoms with Gasteiger partial charge in [-0.05, 0) is 12.8 Å². The molecule has 0 radical (unpaired) electrons. The fraction of sp³-hybridized carbons (Fsp3) is 0.833. The molecule has 142 valence electrons. The Hall–Kier alpha value is -1.97. The summed E-state index contributed by atoms with van der Waals surface area (Å²) in [5, 5.41) is 21.5. The Kier molecular flexibility index (Phi) is 13.2. The van der Waals surface area contributed by atoms with E-state index in [9.17, 15) is 25.0 Å². The molecule has 25 heavy (non-hydrogen) atoms. The summed E-state index contributed by atoms with van der Waals surface area (Å²) in [5.41, 5.74) is -2.72. The molecule has 0 heterocycles. The van der Waals surface area contributed by atoms with Gasteiger partial charge in [-0.25, -0.2) is 0 Å². The first-order valence-electron chi connectivity index (χ1n) is 9.22. The van der Waals surface area contributed by atoms with E-state index in [4.69, 9.17) is 0 Å². The molecule has 0 aromatic carbocycles. The smallest absolute Gasteiger partial charge is 0.287 e. The number of nitro groups is 2. The van der Waals surface area contributed by atoms with E-state index < -0.39 is 21.9 Å². The second-order valence-electron chi connectivity index (χ2n) is 6.30. The van der Waals surface area contributed by atoms with Gasteiger partial charge in [-0.3, -0.25) is 25.0 Å². The maximum absolute atomic E-state index is 10.8. The molecular weight excluding hydrogens is 324 g/mol. The van der Waals surface area contributed by atoms with Crippen LogP contribution >= 0.6 is 0 Å². The van der Waals surface area contributed by atoms with E-state index in [-0.39, 0.29) is 12.7 Å². The van der Waals surface area contributed by atoms with E-state index in [2.05, 4.69) is 18.8 Å². The Morgan fingerprint density at radius 2 is 1.24 bits per heavy atom. The van der Waals surface area contributed by atoms with Gasteiger partial charge in [0.2, 0.25) is 0 Å². The molecule has 0 N–H and O–H groups in total. The summed E-state index contributed by atoms with van der Waals surface area (Å²) in [6.07, 6.45) is 11.9. The average Bonchev–Trinajstić information content (AvgIpc) is 2.58. The minimum atomic E-state index is -2.72. The van der Waals surface area contributed by atoms with Crippen LogP contribution in [0.5, 0.6) is 0 Å². The van der Waals surface area contributed by atoms with Crippen molar-refractivity contribution in [2.45, 2.75) is 96.1 Å². The lowest BCUT2D eigenvalue weighted by atomic mass is 10.1. The summed E-state index contributed by atoms with van der Waals surface area (Å²) >= 11 is 0. The zero-order chi connectivity index (χ0) is 19.0. The monoisotopic (exact) mass is 354 g/mol. The average molecular weight is 354 g/mol. The lowest BCUT2D eigenvalue weighted by Gasteiger charge is -2.09. The minimum Gasteiger partial charge on any atom is -0.287 e. The van der Waals surface area contributed by atoms with Crippen LogP contribution in [0.3, 0.4) is 0 Å². The summed E-state index contributed by atoms with van der Waals surface area (Å²) in [4.78, 5) is 30.0. The Morgan fingerprint density at radius 1 is 0.800 bits per heavy atom. The number of carbonyl (C=O) groups is 1. The standard InChI is InChI=1S/C18H30N2O5/c1-2-3-4-5-6-7-8-9-10-11-12-13-14-15-16-18(17-21,19(22)23)20(24)25/h17H,2-11,14-16H2,1H3. The van der Waals surface area contributed by atoms with E-state index >= 15 is 0 Å². The molecule has 7 nitrogen and oxygen atoms in total. The van der Waals surface area contributed by atoms with Gasteiger partial charge >= 0.3 is 5.66 Å². The van der Waals surface area contributed by atoms with Gasteiger partial charge in [-0.15, -0.1) is 11.8 Å². The van der Waals surface area contributed by atoms with Crippen molar-refractivity contribution in [2.24, 2.45) is 0 Å². The molecule has 0 unspecified atom stereocenters. The van der Waals surface area contributed by atoms with E-state index in [1.807, 2.05) is 0 Å². The summed E-state index contributed by atoms with van der Waals surface area (Å²) in [6, 6.07) is 0. The van der Waals surface area contributed by atoms with Crippen LogP contribution in [-0.2, 0) is 4.79 Å². The van der Waals surface area contributed by atoms with Crippen LogP contribution in [0.4, 0.5) is 0 Å². The van der Waals surface area contributed by atoms with Crippen molar-refractivity contribution in [1.82, 2.24) is 0 Å². The van der Waals surface area contributed by atoms with E-state index in [0.29, 0.717) is 6.42 Å². The van der Waals surface area contributed by atoms with Gasteiger partial charge in [-0.2, -0.15) is 0 Å². The van der Waals surface area contributed by atoms with Gasteiger partial charge in [0.15, 0.2) is 0 Å². The first-order valence-corrected chi connectivity index (χ1v) is 9.22. The van der Waals surface area contributed by atoms with Crippen LogP contribution in [0.25, 0.3) is 0 Å². The number of hydrogen-bond acceptors (Lipinski definition) is 5. The number of hydrogen-bond donors (Lipinski definition) is 0. The number of rotatable bonds is 15. The highest BCUT2D eigenvalue weighted by molar-refractivity contribution is 5.59. The van der Waals surface area contributed by atoms with Gasteiger partial charge in [0.1, 0.15) is 9.85 Å². The molecule has 0 saturated carbocycles. The van der Waals surface area contributed by atoms with Crippen LogP contribution in [-0.4, -0.2) is 21.8 Å². The Morgan fingerprint density at radius 3 is 1.68 bits per heavy atom. The molecule has 0 rings (SSSR count). The van der Waals surface area contributed by atoms with Crippen LogP contribution in [0.15, 0.2) is 0 Å². The van der Waals surface area contributed by atoms with Crippen molar-refractivity contribution in [3.8, 4) is 11.8 Å². The normalized spacial score (nSPS) is 10.8. The van der Waals surface area contributed by atoms with Crippen molar-refractivity contribution in [3.05, 3.63) is 20.2 Å². The summed E-state index contributed by atoms with van der Waals surface area (Å²) in [5.74, 6) is 5.86. The Labute approximate surface area is 149 Å². The topological polar surface area (TPSA) is 103 Å². The van der Waals surface area contributed by atoms with Crippen LogP contribution in [0.1, 0.15) is 90.4 Å². The van der Waals surface area contributed by atoms with Gasteiger partial charge in [0, 0.05) is 12.8 Å². The highest BCUT2D eigenvalue weighted by atomic mass is 16.7. The maximum atomic E-state index is 10.8. The number of nitrogens with zero attached hydrogens (tertiary/aromatic N) is 2. The highest BCUT2D eigenvalue weighted by Gasteiger charge is 2.55. The quantitative estimate of drug-likeness (QED) is 0.107. The molecule has 0 saturated heterocycles. The number of carbonyl (C=O) groups excluding carboxylic acids is 1. The predicted octanol–water partition coefficient (Wildman–Crippen LogP) is 4.53. The molecule has 7 heteroatoms. The zero-order valence-electron chi connectivity index (χ0n) is 15.2. The van der Waals surface area contributed by atoms with Crippen LogP contribution in [0, 0.1) is 32.1 Å². The van der Waals surface area contributed by atoms with Crippen molar-refractivity contribution < 1.29 is 14.6 Å². The molecule has 0 spiro atoms. The second-order valence-corrected chi connectivity index (χ2v) is 6.30. The van der Waals surface area contributed by atoms with Gasteiger partial charge in [-0.1, -0.05) is 58.3 Å². The third-order valence-corrected chi connectivity index (χ3v) is 4.20. The molecule has 0 amide bonds. The molecule has 0 aliphatic heterocycles. The molecule has 0 aliphatic carbocycles. The summed E-state index contributed by atoms with van der Waals surface area (Å²) in [7, 11) is 0. The summed E-state index contributed by atoms with van der Waals surface area (Å²) in [6.45, 7) is 2.21. The lowest BCUT2D eigenvalue weighted by Crippen LogP contribution is -2.47. The molecule has 0 atom stereocenters. The molecular formula is C18H30N2O5. The van der Waals surface area contributed by atoms with Crippen LogP contribution in [0.2, 0.25) is 0 Å². The largest absolute Gasteiger partial charge is 0.512 e. The van der Waals surface area contributed by atoms with E-state index in [1.165, 1.54) is 44.9 Å². The highest BCUT2D eigenvalue weighted by Crippen LogP contribution is 2.17. The summed E-state index contributed by atoms with van der Waals surface area (Å²) < 4.78 is 0. The van der Waals surface area contributed by atoms with Crippen molar-refractivity contribution in [1.29, 1.82) is 0 Å². The third kappa shape index (κ3) is 9.80. The molecule has 0 aromatic heterocycles. The molecule has 0 fully saturated rings. The van der Waals surface area contributed by atoms with Crippen molar-refractivity contribution >= 4 is 6.29 Å². The SMILES string of the molecule is CCCCCCCCCCCC#CCCCC(C=O)([N+](=O)[O-])[N+](=O)[O-]. The Bertz CT molecular complexity index is 454. The molecule has 0 aliphatic rings. The number of aldehydes is 1. The minimum absolute atomic E-state index is 0.158. The Balaban J connectivity index is 3.73. The second kappa shape index (κ2) is 14.4. The predicted molar refractivity (Wildman–Crippen MR) is 96.3 cm³/mol. The van der Waals surface area contributed by atoms with Crippen molar-refractivity contribution in [2.75, 3.05) is 0 Å². The third-order valence-electron chi connectivity index (χ3n) is 4.20. The van der Waals surface area contributed by atoms with Crippen LogP contribution < -0.4 is 0 Å². The van der Waals surface area contributed by atoms with Gasteiger partial charge < -0.3 is 0 Å². The van der Waals surface area contributed by atoms with Gasteiger partial charge in [0.25, 0.3) is 6.29 Å². The first-order chi connectivity index (χ1) is 12.0. The fourth-order valence-electron chi connectivity index (χ4n) is 2.53. The number of unbranched alkanes of at least 4 members (excludes halogenated alkanes) is 10.